The molecule has 0 amide bonds. The van der Waals surface area contributed by atoms with Gasteiger partial charge in [0.05, 0.1) is 5.69 Å². The standard InChI is InChI=1S/C8H13N3/c1-2-11-8(9)5-7(10-11)6-3-4-6/h5-6H,2-4,9H2,1H3. The van der Waals surface area contributed by atoms with E-state index in [1.54, 1.807) is 0 Å². The zero-order valence-electron chi connectivity index (χ0n) is 6.75. The summed E-state index contributed by atoms with van der Waals surface area (Å²) in [6, 6.07) is 2.00. The van der Waals surface area contributed by atoms with Gasteiger partial charge in [0.1, 0.15) is 5.82 Å². The van der Waals surface area contributed by atoms with Crippen molar-refractivity contribution in [2.24, 2.45) is 0 Å². The third kappa shape index (κ3) is 1.11. The minimum Gasteiger partial charge on any atom is -0.384 e. The van der Waals surface area contributed by atoms with Crippen LogP contribution in [0.1, 0.15) is 31.4 Å². The minimum atomic E-state index is 0.713. The van der Waals surface area contributed by atoms with E-state index in [9.17, 15) is 0 Å². The van der Waals surface area contributed by atoms with Crippen LogP contribution < -0.4 is 5.73 Å². The first-order valence-electron chi connectivity index (χ1n) is 4.14. The predicted molar refractivity (Wildman–Crippen MR) is 44.3 cm³/mol. The van der Waals surface area contributed by atoms with E-state index in [2.05, 4.69) is 12.0 Å². The number of anilines is 1. The molecule has 0 spiro atoms. The van der Waals surface area contributed by atoms with E-state index in [4.69, 9.17) is 5.73 Å². The van der Waals surface area contributed by atoms with E-state index in [1.165, 1.54) is 18.5 Å². The lowest BCUT2D eigenvalue weighted by Crippen LogP contribution is -2.01. The average Bonchev–Trinajstić information content (AvgIpc) is 2.76. The van der Waals surface area contributed by atoms with Crippen LogP contribution in [0.25, 0.3) is 0 Å². The first kappa shape index (κ1) is 6.70. The number of aromatic nitrogens is 2. The van der Waals surface area contributed by atoms with Crippen molar-refractivity contribution >= 4 is 5.82 Å². The van der Waals surface area contributed by atoms with Crippen LogP contribution in [0.5, 0.6) is 0 Å². The molecule has 3 heteroatoms. The Morgan fingerprint density at radius 1 is 1.73 bits per heavy atom. The lowest BCUT2D eigenvalue weighted by atomic mass is 10.3. The van der Waals surface area contributed by atoms with Gasteiger partial charge in [-0.15, -0.1) is 0 Å². The van der Waals surface area contributed by atoms with Gasteiger partial charge in [-0.2, -0.15) is 5.10 Å². The molecule has 2 rings (SSSR count). The second kappa shape index (κ2) is 2.26. The molecule has 0 unspecified atom stereocenters. The van der Waals surface area contributed by atoms with Crippen molar-refractivity contribution in [1.82, 2.24) is 9.78 Å². The Kier molecular flexibility index (Phi) is 1.37. The van der Waals surface area contributed by atoms with Crippen molar-refractivity contribution in [1.29, 1.82) is 0 Å². The Labute approximate surface area is 66.2 Å². The summed E-state index contributed by atoms with van der Waals surface area (Å²) in [5, 5.41) is 4.38. The summed E-state index contributed by atoms with van der Waals surface area (Å²) < 4.78 is 1.85. The second-order valence-corrected chi connectivity index (χ2v) is 3.08. The Bertz CT molecular complexity index is 260. The van der Waals surface area contributed by atoms with Crippen LogP contribution in [0.3, 0.4) is 0 Å². The van der Waals surface area contributed by atoms with Crippen molar-refractivity contribution in [2.75, 3.05) is 5.73 Å². The molecule has 0 radical (unpaired) electrons. The van der Waals surface area contributed by atoms with Crippen LogP contribution in [-0.2, 0) is 6.54 Å². The molecule has 0 aliphatic heterocycles. The summed E-state index contributed by atoms with van der Waals surface area (Å²) in [5.74, 6) is 1.51. The molecule has 1 heterocycles. The normalized spacial score (nSPS) is 17.2. The van der Waals surface area contributed by atoms with Gasteiger partial charge in [0.2, 0.25) is 0 Å². The number of nitrogen functional groups attached to an aromatic ring is 1. The monoisotopic (exact) mass is 151 g/mol. The highest BCUT2D eigenvalue weighted by molar-refractivity contribution is 5.33. The first-order valence-corrected chi connectivity index (χ1v) is 4.14. The summed E-state index contributed by atoms with van der Waals surface area (Å²) in [7, 11) is 0. The number of hydrogen-bond acceptors (Lipinski definition) is 2. The highest BCUT2D eigenvalue weighted by Gasteiger charge is 2.26. The largest absolute Gasteiger partial charge is 0.384 e. The molecule has 1 aromatic heterocycles. The van der Waals surface area contributed by atoms with Crippen molar-refractivity contribution < 1.29 is 0 Å². The minimum absolute atomic E-state index is 0.713. The maximum Gasteiger partial charge on any atom is 0.121 e. The Balaban J connectivity index is 2.28. The lowest BCUT2D eigenvalue weighted by Gasteiger charge is -1.95. The molecule has 0 bridgehead atoms. The Morgan fingerprint density at radius 2 is 2.45 bits per heavy atom. The molecule has 1 aliphatic carbocycles. The van der Waals surface area contributed by atoms with Gasteiger partial charge in [-0.25, -0.2) is 0 Å². The predicted octanol–water partition coefficient (Wildman–Crippen LogP) is 1.36. The maximum atomic E-state index is 5.72. The van der Waals surface area contributed by atoms with Gasteiger partial charge in [-0.1, -0.05) is 0 Å². The van der Waals surface area contributed by atoms with E-state index in [0.29, 0.717) is 5.92 Å². The number of nitrogens with zero attached hydrogens (tertiary/aromatic N) is 2. The smallest absolute Gasteiger partial charge is 0.121 e. The molecule has 1 saturated carbocycles. The summed E-state index contributed by atoms with van der Waals surface area (Å²) >= 11 is 0. The quantitative estimate of drug-likeness (QED) is 0.693. The van der Waals surface area contributed by atoms with Gasteiger partial charge in [0.15, 0.2) is 0 Å². The van der Waals surface area contributed by atoms with Crippen molar-refractivity contribution in [3.63, 3.8) is 0 Å². The van der Waals surface area contributed by atoms with Crippen LogP contribution in [0.15, 0.2) is 6.07 Å². The maximum absolute atomic E-state index is 5.72. The zero-order valence-corrected chi connectivity index (χ0v) is 6.75. The van der Waals surface area contributed by atoms with Crippen LogP contribution in [0, 0.1) is 0 Å². The molecule has 0 aromatic carbocycles. The summed E-state index contributed by atoms with van der Waals surface area (Å²) in [5.41, 5.74) is 6.90. The SMILES string of the molecule is CCn1nc(C2CC2)cc1N. The van der Waals surface area contributed by atoms with E-state index in [-0.39, 0.29) is 0 Å². The van der Waals surface area contributed by atoms with Crippen molar-refractivity contribution in [2.45, 2.75) is 32.2 Å². The lowest BCUT2D eigenvalue weighted by molar-refractivity contribution is 0.656. The number of hydrogen-bond donors (Lipinski definition) is 1. The zero-order chi connectivity index (χ0) is 7.84. The highest BCUT2D eigenvalue weighted by Crippen LogP contribution is 2.39. The van der Waals surface area contributed by atoms with E-state index in [1.807, 2.05) is 10.7 Å². The Hall–Kier alpha value is -0.990. The molecule has 60 valence electrons. The molecule has 0 saturated heterocycles. The van der Waals surface area contributed by atoms with Gasteiger partial charge < -0.3 is 5.73 Å². The van der Waals surface area contributed by atoms with Gasteiger partial charge in [-0.05, 0) is 19.8 Å². The number of aryl methyl sites for hydroxylation is 1. The average molecular weight is 151 g/mol. The first-order chi connectivity index (χ1) is 5.31. The third-order valence-corrected chi connectivity index (χ3v) is 2.13. The molecular weight excluding hydrogens is 138 g/mol. The van der Waals surface area contributed by atoms with Crippen LogP contribution in [0.4, 0.5) is 5.82 Å². The fraction of sp³-hybridized carbons (Fsp3) is 0.625. The summed E-state index contributed by atoms with van der Waals surface area (Å²) in [6.45, 7) is 2.93. The molecule has 11 heavy (non-hydrogen) atoms. The van der Waals surface area contributed by atoms with Gasteiger partial charge in [0.25, 0.3) is 0 Å². The van der Waals surface area contributed by atoms with Gasteiger partial charge >= 0.3 is 0 Å². The van der Waals surface area contributed by atoms with Crippen LogP contribution >= 0.6 is 0 Å². The molecule has 1 aromatic rings. The molecule has 3 nitrogen and oxygen atoms in total. The molecule has 2 N–H and O–H groups in total. The fourth-order valence-corrected chi connectivity index (χ4v) is 1.28. The molecule has 1 aliphatic rings. The molecule has 0 atom stereocenters. The molecular formula is C8H13N3. The van der Waals surface area contributed by atoms with E-state index >= 15 is 0 Å². The summed E-state index contributed by atoms with van der Waals surface area (Å²) in [4.78, 5) is 0. The second-order valence-electron chi connectivity index (χ2n) is 3.08. The van der Waals surface area contributed by atoms with Crippen molar-refractivity contribution in [3.8, 4) is 0 Å². The van der Waals surface area contributed by atoms with Gasteiger partial charge in [0, 0.05) is 18.5 Å². The Morgan fingerprint density at radius 3 is 2.91 bits per heavy atom. The molecule has 1 fully saturated rings. The topological polar surface area (TPSA) is 43.8 Å². The van der Waals surface area contributed by atoms with Crippen LogP contribution in [-0.4, -0.2) is 9.78 Å². The van der Waals surface area contributed by atoms with Crippen LogP contribution in [0.2, 0.25) is 0 Å². The summed E-state index contributed by atoms with van der Waals surface area (Å²) in [6.07, 6.45) is 2.58. The fourth-order valence-electron chi connectivity index (χ4n) is 1.28. The highest BCUT2D eigenvalue weighted by atomic mass is 15.3. The number of nitrogens with two attached hydrogens (primary N) is 1. The van der Waals surface area contributed by atoms with E-state index < -0.39 is 0 Å². The third-order valence-electron chi connectivity index (χ3n) is 2.13. The van der Waals surface area contributed by atoms with E-state index in [0.717, 1.165) is 12.4 Å². The number of rotatable bonds is 2. The van der Waals surface area contributed by atoms with Crippen molar-refractivity contribution in [3.05, 3.63) is 11.8 Å². The van der Waals surface area contributed by atoms with Gasteiger partial charge in [-0.3, -0.25) is 4.68 Å².